The number of hydrogen-bond donors (Lipinski definition) is 1. The van der Waals surface area contributed by atoms with Crippen LogP contribution in [0.4, 0.5) is 5.82 Å². The van der Waals surface area contributed by atoms with Gasteiger partial charge in [0.05, 0.1) is 11.4 Å². The van der Waals surface area contributed by atoms with Crippen LogP contribution in [-0.4, -0.2) is 53.5 Å². The number of carbonyl (C=O) groups is 1. The Morgan fingerprint density at radius 3 is 2.35 bits per heavy atom. The molecule has 2 aromatic carbocycles. The Bertz CT molecular complexity index is 989. The molecule has 2 N–H and O–H groups in total. The molecule has 0 radical (unpaired) electrons. The Balaban J connectivity index is 0.00000171. The minimum absolute atomic E-state index is 0. The van der Waals surface area contributed by atoms with Gasteiger partial charge in [0.15, 0.2) is 0 Å². The molecular weight excluding hydrogens is 457 g/mol. The number of para-hydroxylation sites is 1. The van der Waals surface area contributed by atoms with E-state index in [1.165, 1.54) is 0 Å². The number of carbonyl (C=O) groups excluding carboxylic acids is 1. The molecule has 1 aliphatic rings. The number of hydrogen-bond acceptors (Lipinski definition) is 5. The highest BCUT2D eigenvalue weighted by atomic mass is 35.5. The van der Waals surface area contributed by atoms with E-state index in [-0.39, 0.29) is 36.6 Å². The van der Waals surface area contributed by atoms with Crippen molar-refractivity contribution in [3.05, 3.63) is 65.4 Å². The fourth-order valence-corrected chi connectivity index (χ4v) is 4.02. The van der Waals surface area contributed by atoms with Crippen LogP contribution >= 0.6 is 36.4 Å². The fraction of sp³-hybridized carbons (Fsp3) is 0.318. The van der Waals surface area contributed by atoms with E-state index in [1.54, 1.807) is 6.33 Å². The summed E-state index contributed by atoms with van der Waals surface area (Å²) in [7, 11) is 0. The van der Waals surface area contributed by atoms with Gasteiger partial charge < -0.3 is 15.5 Å². The van der Waals surface area contributed by atoms with Crippen molar-refractivity contribution < 1.29 is 4.79 Å². The Kier molecular flexibility index (Phi) is 9.32. The minimum atomic E-state index is -0.233. The van der Waals surface area contributed by atoms with E-state index < -0.39 is 0 Å². The average molecular weight is 483 g/mol. The highest BCUT2D eigenvalue weighted by Gasteiger charge is 2.29. The number of halogens is 3. The highest BCUT2D eigenvalue weighted by Crippen LogP contribution is 2.27. The summed E-state index contributed by atoms with van der Waals surface area (Å²) < 4.78 is 0. The number of nitrogens with zero attached hydrogens (tertiary/aromatic N) is 4. The lowest BCUT2D eigenvalue weighted by Gasteiger charge is -2.37. The highest BCUT2D eigenvalue weighted by molar-refractivity contribution is 6.30. The molecule has 1 saturated heterocycles. The second-order valence-corrected chi connectivity index (χ2v) is 7.64. The van der Waals surface area contributed by atoms with Crippen LogP contribution in [0.5, 0.6) is 0 Å². The SMILES string of the molecule is Cl.Cl.NCCC(C(=O)N1CCN(c2ncnc3ccccc23)CC1)c1ccc(Cl)cc1. The van der Waals surface area contributed by atoms with E-state index in [2.05, 4.69) is 14.9 Å². The smallest absolute Gasteiger partial charge is 0.230 e. The normalized spacial score (nSPS) is 14.5. The van der Waals surface area contributed by atoms with Crippen molar-refractivity contribution in [3.63, 3.8) is 0 Å². The first-order valence-electron chi connectivity index (χ1n) is 9.86. The summed E-state index contributed by atoms with van der Waals surface area (Å²) in [5, 5.41) is 1.70. The molecule has 31 heavy (non-hydrogen) atoms. The lowest BCUT2D eigenvalue weighted by molar-refractivity contribution is -0.133. The topological polar surface area (TPSA) is 75.4 Å². The molecule has 1 unspecified atom stereocenters. The zero-order chi connectivity index (χ0) is 20.2. The Morgan fingerprint density at radius 1 is 1.00 bits per heavy atom. The minimum Gasteiger partial charge on any atom is -0.352 e. The van der Waals surface area contributed by atoms with Gasteiger partial charge in [0.2, 0.25) is 5.91 Å². The molecule has 1 aliphatic heterocycles. The fourth-order valence-electron chi connectivity index (χ4n) is 3.90. The molecule has 6 nitrogen and oxygen atoms in total. The molecule has 0 spiro atoms. The van der Waals surface area contributed by atoms with Gasteiger partial charge in [-0.05, 0) is 42.8 Å². The zero-order valence-corrected chi connectivity index (χ0v) is 19.4. The van der Waals surface area contributed by atoms with Crippen LogP contribution < -0.4 is 10.6 Å². The number of benzene rings is 2. The largest absolute Gasteiger partial charge is 0.352 e. The molecular formula is C22H26Cl3N5O. The Morgan fingerprint density at radius 2 is 1.68 bits per heavy atom. The predicted octanol–water partition coefficient (Wildman–Crippen LogP) is 3.91. The molecule has 166 valence electrons. The van der Waals surface area contributed by atoms with Crippen molar-refractivity contribution in [2.24, 2.45) is 5.73 Å². The number of nitrogens with two attached hydrogens (primary N) is 1. The molecule has 1 fully saturated rings. The van der Waals surface area contributed by atoms with Gasteiger partial charge >= 0.3 is 0 Å². The molecule has 3 aromatic rings. The molecule has 2 heterocycles. The van der Waals surface area contributed by atoms with Crippen molar-refractivity contribution in [3.8, 4) is 0 Å². The number of rotatable bonds is 5. The van der Waals surface area contributed by atoms with E-state index >= 15 is 0 Å². The van der Waals surface area contributed by atoms with Gasteiger partial charge in [-0.1, -0.05) is 35.9 Å². The van der Waals surface area contributed by atoms with E-state index in [1.807, 2.05) is 53.4 Å². The number of piperazine rings is 1. The quantitative estimate of drug-likeness (QED) is 0.597. The standard InChI is InChI=1S/C22H24ClN5O.2ClH/c23-17-7-5-16(6-8-17)18(9-10-24)22(29)28-13-11-27(12-14-28)21-19-3-1-2-4-20(19)25-15-26-21;;/h1-8,15,18H,9-14,24H2;2*1H. The van der Waals surface area contributed by atoms with Crippen molar-refractivity contribution in [1.29, 1.82) is 0 Å². The van der Waals surface area contributed by atoms with Gasteiger partial charge in [-0.25, -0.2) is 9.97 Å². The molecule has 0 saturated carbocycles. The average Bonchev–Trinajstić information content (AvgIpc) is 2.77. The van der Waals surface area contributed by atoms with E-state index in [9.17, 15) is 4.79 Å². The molecule has 1 aromatic heterocycles. The van der Waals surface area contributed by atoms with Gasteiger partial charge in [-0.3, -0.25) is 4.79 Å². The summed E-state index contributed by atoms with van der Waals surface area (Å²) in [6, 6.07) is 15.5. The van der Waals surface area contributed by atoms with Crippen molar-refractivity contribution >= 4 is 59.0 Å². The van der Waals surface area contributed by atoms with Crippen LogP contribution in [0.25, 0.3) is 10.9 Å². The monoisotopic (exact) mass is 481 g/mol. The number of anilines is 1. The molecule has 0 bridgehead atoms. The Hall–Kier alpha value is -2.12. The summed E-state index contributed by atoms with van der Waals surface area (Å²) in [5.74, 6) is 0.826. The summed E-state index contributed by atoms with van der Waals surface area (Å²) in [6.07, 6.45) is 2.23. The maximum absolute atomic E-state index is 13.2. The van der Waals surface area contributed by atoms with Crippen LogP contribution in [0.1, 0.15) is 17.9 Å². The maximum Gasteiger partial charge on any atom is 0.230 e. The number of aromatic nitrogens is 2. The molecule has 4 rings (SSSR count). The second kappa shape index (κ2) is 11.5. The molecule has 1 amide bonds. The van der Waals surface area contributed by atoms with E-state index in [0.717, 1.165) is 35.4 Å². The van der Waals surface area contributed by atoms with Gasteiger partial charge in [-0.2, -0.15) is 0 Å². The number of fused-ring (bicyclic) bond motifs is 1. The third kappa shape index (κ3) is 5.57. The summed E-state index contributed by atoms with van der Waals surface area (Å²) in [6.45, 7) is 3.26. The summed E-state index contributed by atoms with van der Waals surface area (Å²) in [4.78, 5) is 26.2. The van der Waals surface area contributed by atoms with Crippen LogP contribution in [0.15, 0.2) is 54.9 Å². The molecule has 9 heteroatoms. The number of amides is 1. The summed E-state index contributed by atoms with van der Waals surface area (Å²) >= 11 is 6.00. The first-order valence-corrected chi connectivity index (χ1v) is 10.2. The first kappa shape index (κ1) is 25.1. The lowest BCUT2D eigenvalue weighted by atomic mass is 9.94. The molecule has 0 aliphatic carbocycles. The van der Waals surface area contributed by atoms with Crippen LogP contribution in [-0.2, 0) is 4.79 Å². The summed E-state index contributed by atoms with van der Waals surface area (Å²) in [5.41, 5.74) is 7.69. The third-order valence-electron chi connectivity index (χ3n) is 5.44. The van der Waals surface area contributed by atoms with Gasteiger partial charge in [-0.15, -0.1) is 24.8 Å². The van der Waals surface area contributed by atoms with Crippen molar-refractivity contribution in [1.82, 2.24) is 14.9 Å². The van der Waals surface area contributed by atoms with Crippen molar-refractivity contribution in [2.45, 2.75) is 12.3 Å². The van der Waals surface area contributed by atoms with Crippen LogP contribution in [0.2, 0.25) is 5.02 Å². The molecule has 1 atom stereocenters. The Labute approximate surface area is 199 Å². The van der Waals surface area contributed by atoms with Crippen LogP contribution in [0, 0.1) is 0 Å². The lowest BCUT2D eigenvalue weighted by Crippen LogP contribution is -2.50. The first-order chi connectivity index (χ1) is 14.2. The van der Waals surface area contributed by atoms with E-state index in [4.69, 9.17) is 17.3 Å². The second-order valence-electron chi connectivity index (χ2n) is 7.21. The maximum atomic E-state index is 13.2. The van der Waals surface area contributed by atoms with Gasteiger partial charge in [0, 0.05) is 36.6 Å². The van der Waals surface area contributed by atoms with E-state index in [0.29, 0.717) is 31.1 Å². The predicted molar refractivity (Wildman–Crippen MR) is 131 cm³/mol. The van der Waals surface area contributed by atoms with Crippen molar-refractivity contribution in [2.75, 3.05) is 37.6 Å². The third-order valence-corrected chi connectivity index (χ3v) is 5.69. The zero-order valence-electron chi connectivity index (χ0n) is 17.0. The van der Waals surface area contributed by atoms with Gasteiger partial charge in [0.25, 0.3) is 0 Å². The van der Waals surface area contributed by atoms with Gasteiger partial charge in [0.1, 0.15) is 12.1 Å². The van der Waals surface area contributed by atoms with Crippen LogP contribution in [0.3, 0.4) is 0 Å².